The van der Waals surface area contributed by atoms with Crippen molar-refractivity contribution in [3.63, 3.8) is 0 Å². The van der Waals surface area contributed by atoms with E-state index in [2.05, 4.69) is 19.9 Å². The summed E-state index contributed by atoms with van der Waals surface area (Å²) >= 11 is -1.28. The van der Waals surface area contributed by atoms with Crippen LogP contribution >= 0.6 is 0 Å². The third-order valence-electron chi connectivity index (χ3n) is 2.45. The van der Waals surface area contributed by atoms with E-state index < -0.39 is 11.2 Å². The first-order valence-electron chi connectivity index (χ1n) is 5.42. The maximum atomic E-state index is 12.0. The largest absolute Gasteiger partial charge is 0.609 e. The van der Waals surface area contributed by atoms with Crippen LogP contribution in [-0.4, -0.2) is 24.5 Å². The third-order valence-corrected chi connectivity index (χ3v) is 3.61. The number of aromatic nitrogens is 4. The molecule has 90 valence electrons. The molecule has 0 aliphatic heterocycles. The van der Waals surface area contributed by atoms with Gasteiger partial charge in [0.2, 0.25) is 0 Å². The number of fused-ring (bicyclic) bond motifs is 1. The van der Waals surface area contributed by atoms with Crippen LogP contribution in [0.1, 0.15) is 5.82 Å². The minimum atomic E-state index is -1.28. The van der Waals surface area contributed by atoms with Crippen LogP contribution in [0.2, 0.25) is 0 Å². The number of nitrogens with zero attached hydrogens (tertiary/aromatic N) is 3. The zero-order valence-corrected chi connectivity index (χ0v) is 10.2. The van der Waals surface area contributed by atoms with Gasteiger partial charge in [-0.15, -0.1) is 0 Å². The number of H-pyrrole nitrogens is 1. The number of para-hydroxylation sites is 2. The Morgan fingerprint density at radius 1 is 1.11 bits per heavy atom. The van der Waals surface area contributed by atoms with E-state index >= 15 is 0 Å². The van der Waals surface area contributed by atoms with E-state index in [9.17, 15) is 4.55 Å². The number of imidazole rings is 1. The SMILES string of the molecule is [O-][S+](Cc1nc2ccccc2[nH]1)c1ncccn1. The van der Waals surface area contributed by atoms with Crippen LogP contribution in [0.5, 0.6) is 0 Å². The van der Waals surface area contributed by atoms with Gasteiger partial charge in [0.05, 0.1) is 11.0 Å². The summed E-state index contributed by atoms with van der Waals surface area (Å²) in [6.45, 7) is 0. The first-order valence-corrected chi connectivity index (χ1v) is 6.74. The fourth-order valence-electron chi connectivity index (χ4n) is 1.67. The topological polar surface area (TPSA) is 77.5 Å². The maximum Gasteiger partial charge on any atom is 0.343 e. The second kappa shape index (κ2) is 4.75. The van der Waals surface area contributed by atoms with Gasteiger partial charge in [-0.2, -0.15) is 9.97 Å². The predicted octanol–water partition coefficient (Wildman–Crippen LogP) is 1.66. The van der Waals surface area contributed by atoms with Gasteiger partial charge in [-0.3, -0.25) is 0 Å². The van der Waals surface area contributed by atoms with E-state index in [-0.39, 0.29) is 0 Å². The number of hydrogen-bond donors (Lipinski definition) is 1. The summed E-state index contributed by atoms with van der Waals surface area (Å²) in [5.41, 5.74) is 1.82. The molecule has 2 heterocycles. The standard InChI is InChI=1S/C12H10N4OS/c17-18(12-13-6-3-7-14-12)8-11-15-9-4-1-2-5-10(9)16-11/h1-7H,8H2,(H,15,16). The van der Waals surface area contributed by atoms with Gasteiger partial charge >= 0.3 is 5.16 Å². The summed E-state index contributed by atoms with van der Waals surface area (Å²) in [6.07, 6.45) is 3.16. The maximum absolute atomic E-state index is 12.0. The lowest BCUT2D eigenvalue weighted by Gasteiger charge is -2.05. The Kier molecular flexibility index (Phi) is 2.95. The monoisotopic (exact) mass is 258 g/mol. The molecule has 3 rings (SSSR count). The molecule has 3 aromatic rings. The highest BCUT2D eigenvalue weighted by Crippen LogP contribution is 2.14. The van der Waals surface area contributed by atoms with Gasteiger partial charge in [-0.1, -0.05) is 12.1 Å². The Hall–Kier alpha value is -1.92. The molecule has 0 spiro atoms. The average molecular weight is 258 g/mol. The number of nitrogens with one attached hydrogen (secondary N) is 1. The van der Waals surface area contributed by atoms with Crippen LogP contribution in [0.4, 0.5) is 0 Å². The highest BCUT2D eigenvalue weighted by Gasteiger charge is 2.17. The molecule has 6 heteroatoms. The van der Waals surface area contributed by atoms with E-state index in [4.69, 9.17) is 0 Å². The minimum Gasteiger partial charge on any atom is -0.609 e. The van der Waals surface area contributed by atoms with E-state index in [0.717, 1.165) is 11.0 Å². The van der Waals surface area contributed by atoms with Gasteiger partial charge in [0.15, 0.2) is 11.6 Å². The molecule has 0 amide bonds. The summed E-state index contributed by atoms with van der Waals surface area (Å²) in [6, 6.07) is 9.40. The summed E-state index contributed by atoms with van der Waals surface area (Å²) < 4.78 is 12.0. The smallest absolute Gasteiger partial charge is 0.343 e. The van der Waals surface area contributed by atoms with E-state index in [1.165, 1.54) is 0 Å². The molecule has 0 saturated heterocycles. The van der Waals surface area contributed by atoms with Crippen molar-refractivity contribution in [3.8, 4) is 0 Å². The molecule has 0 bridgehead atoms. The molecular formula is C12H10N4OS. The second-order valence-electron chi connectivity index (χ2n) is 3.72. The summed E-state index contributed by atoms with van der Waals surface area (Å²) in [7, 11) is 0. The Balaban J connectivity index is 1.84. The number of aromatic amines is 1. The molecule has 0 fully saturated rings. The lowest BCUT2D eigenvalue weighted by Crippen LogP contribution is -2.09. The first-order chi connectivity index (χ1) is 8.83. The van der Waals surface area contributed by atoms with Crippen molar-refractivity contribution < 1.29 is 4.55 Å². The van der Waals surface area contributed by atoms with Crippen LogP contribution in [0.25, 0.3) is 11.0 Å². The molecule has 1 atom stereocenters. The highest BCUT2D eigenvalue weighted by molar-refractivity contribution is 7.90. The Labute approximate surface area is 106 Å². The van der Waals surface area contributed by atoms with Gasteiger partial charge in [0.25, 0.3) is 0 Å². The van der Waals surface area contributed by atoms with E-state index in [0.29, 0.717) is 16.7 Å². The fourth-order valence-corrected chi connectivity index (χ4v) is 2.54. The van der Waals surface area contributed by atoms with Crippen LogP contribution in [0.3, 0.4) is 0 Å². The number of benzene rings is 1. The van der Waals surface area contributed by atoms with Gasteiger partial charge in [-0.25, -0.2) is 4.98 Å². The Morgan fingerprint density at radius 3 is 2.67 bits per heavy atom. The van der Waals surface area contributed by atoms with Crippen LogP contribution in [0, 0.1) is 0 Å². The van der Waals surface area contributed by atoms with Crippen molar-refractivity contribution in [2.24, 2.45) is 0 Å². The molecule has 1 N–H and O–H groups in total. The van der Waals surface area contributed by atoms with Crippen molar-refractivity contribution >= 4 is 22.2 Å². The molecule has 0 saturated carbocycles. The zero-order valence-electron chi connectivity index (χ0n) is 9.41. The van der Waals surface area contributed by atoms with Crippen molar-refractivity contribution in [1.29, 1.82) is 0 Å². The normalized spacial score (nSPS) is 12.7. The fraction of sp³-hybridized carbons (Fsp3) is 0.0833. The summed E-state index contributed by atoms with van der Waals surface area (Å²) in [4.78, 5) is 15.5. The van der Waals surface area contributed by atoms with Crippen molar-refractivity contribution in [2.45, 2.75) is 10.9 Å². The lowest BCUT2D eigenvalue weighted by molar-refractivity contribution is 0.584. The van der Waals surface area contributed by atoms with Crippen LogP contribution in [-0.2, 0) is 16.9 Å². The van der Waals surface area contributed by atoms with E-state index in [1.807, 2.05) is 24.3 Å². The molecular weight excluding hydrogens is 248 g/mol. The molecule has 18 heavy (non-hydrogen) atoms. The lowest BCUT2D eigenvalue weighted by atomic mass is 10.3. The number of hydrogen-bond acceptors (Lipinski definition) is 4. The van der Waals surface area contributed by atoms with Crippen molar-refractivity contribution in [1.82, 2.24) is 19.9 Å². The zero-order chi connectivity index (χ0) is 12.4. The Bertz CT molecular complexity index is 622. The van der Waals surface area contributed by atoms with Crippen molar-refractivity contribution in [3.05, 3.63) is 48.5 Å². The number of rotatable bonds is 3. The molecule has 1 unspecified atom stereocenters. The van der Waals surface area contributed by atoms with Crippen LogP contribution < -0.4 is 0 Å². The summed E-state index contributed by atoms with van der Waals surface area (Å²) in [5.74, 6) is 0.973. The van der Waals surface area contributed by atoms with Gasteiger partial charge < -0.3 is 9.54 Å². The molecule has 0 radical (unpaired) electrons. The second-order valence-corrected chi connectivity index (χ2v) is 5.07. The molecule has 0 aliphatic carbocycles. The van der Waals surface area contributed by atoms with Gasteiger partial charge in [-0.05, 0) is 18.2 Å². The third kappa shape index (κ3) is 2.20. The first kappa shape index (κ1) is 11.2. The molecule has 1 aromatic carbocycles. The highest BCUT2D eigenvalue weighted by atomic mass is 32.2. The van der Waals surface area contributed by atoms with Crippen molar-refractivity contribution in [2.75, 3.05) is 0 Å². The average Bonchev–Trinajstić information content (AvgIpc) is 2.82. The van der Waals surface area contributed by atoms with E-state index in [1.54, 1.807) is 18.5 Å². The summed E-state index contributed by atoms with van der Waals surface area (Å²) in [5, 5.41) is 0.331. The Morgan fingerprint density at radius 2 is 1.89 bits per heavy atom. The molecule has 5 nitrogen and oxygen atoms in total. The minimum absolute atomic E-state index is 0.290. The predicted molar refractivity (Wildman–Crippen MR) is 68.2 cm³/mol. The quantitative estimate of drug-likeness (QED) is 0.572. The van der Waals surface area contributed by atoms with Gasteiger partial charge in [0, 0.05) is 23.6 Å². The molecule has 0 aliphatic rings. The molecule has 2 aromatic heterocycles. The van der Waals surface area contributed by atoms with Gasteiger partial charge in [0.1, 0.15) is 0 Å². The van der Waals surface area contributed by atoms with Crippen LogP contribution in [0.15, 0.2) is 47.9 Å².